The van der Waals surface area contributed by atoms with Gasteiger partial charge in [-0.1, -0.05) is 31.1 Å². The topological polar surface area (TPSA) is 78.6 Å². The van der Waals surface area contributed by atoms with Crippen LogP contribution in [0.1, 0.15) is 44.0 Å². The minimum Gasteiger partial charge on any atom is -0.370 e. The maximum absolute atomic E-state index is 5.26. The largest absolute Gasteiger partial charge is 0.370 e. The first-order valence-electron chi connectivity index (χ1n) is 9.62. The molecule has 0 fully saturated rings. The Morgan fingerprint density at radius 2 is 2.00 bits per heavy atom. The lowest BCUT2D eigenvalue weighted by molar-refractivity contribution is 0.371. The lowest BCUT2D eigenvalue weighted by Gasteiger charge is -2.24. The Kier molecular flexibility index (Phi) is 10.9. The molecule has 0 radical (unpaired) electrons. The van der Waals surface area contributed by atoms with Gasteiger partial charge in [-0.2, -0.15) is 4.98 Å². The summed E-state index contributed by atoms with van der Waals surface area (Å²) in [5.41, 5.74) is 2.53. The van der Waals surface area contributed by atoms with Crippen LogP contribution < -0.4 is 15.5 Å². The molecule has 0 unspecified atom stereocenters. The van der Waals surface area contributed by atoms with Crippen LogP contribution in [-0.2, 0) is 6.42 Å². The second kappa shape index (κ2) is 12.6. The normalized spacial score (nSPS) is 11.3. The molecule has 0 aliphatic heterocycles. The molecule has 28 heavy (non-hydrogen) atoms. The molecule has 8 heteroatoms. The highest BCUT2D eigenvalue weighted by molar-refractivity contribution is 14.0. The van der Waals surface area contributed by atoms with Gasteiger partial charge in [0.1, 0.15) is 0 Å². The Balaban J connectivity index is 0.00000392. The molecule has 1 aromatic heterocycles. The molecule has 0 saturated carbocycles. The number of halogens is 1. The van der Waals surface area contributed by atoms with Crippen molar-refractivity contribution in [2.75, 3.05) is 38.1 Å². The van der Waals surface area contributed by atoms with Crippen molar-refractivity contribution in [3.8, 4) is 0 Å². The molecule has 1 heterocycles. The van der Waals surface area contributed by atoms with Gasteiger partial charge in [-0.3, -0.25) is 4.99 Å². The molecule has 1 aromatic carbocycles. The van der Waals surface area contributed by atoms with Gasteiger partial charge < -0.3 is 20.1 Å². The summed E-state index contributed by atoms with van der Waals surface area (Å²) in [7, 11) is 1.77. The number of likely N-dealkylation sites (N-methyl/N-ethyl adjacent to an activating group) is 1. The highest BCUT2D eigenvalue weighted by Crippen LogP contribution is 2.15. The molecule has 0 saturated heterocycles. The van der Waals surface area contributed by atoms with E-state index in [-0.39, 0.29) is 29.9 Å². The van der Waals surface area contributed by atoms with Crippen molar-refractivity contribution in [3.63, 3.8) is 0 Å². The minimum atomic E-state index is 0. The van der Waals surface area contributed by atoms with Crippen molar-refractivity contribution in [2.45, 2.75) is 40.0 Å². The maximum Gasteiger partial charge on any atom is 0.228 e. The second-order valence-corrected chi connectivity index (χ2v) is 6.80. The molecule has 0 aliphatic rings. The monoisotopic (exact) mass is 500 g/mol. The highest BCUT2D eigenvalue weighted by atomic mass is 127. The number of benzene rings is 1. The first kappa shape index (κ1) is 24.2. The number of hydrogen-bond donors (Lipinski definition) is 2. The Labute approximate surface area is 185 Å². The van der Waals surface area contributed by atoms with Crippen LogP contribution in [0.2, 0.25) is 0 Å². The number of aryl methyl sites for hydroxylation is 1. The van der Waals surface area contributed by atoms with E-state index in [1.54, 1.807) is 7.05 Å². The molecule has 2 rings (SSSR count). The van der Waals surface area contributed by atoms with E-state index in [0.29, 0.717) is 18.9 Å². The second-order valence-electron chi connectivity index (χ2n) is 6.80. The van der Waals surface area contributed by atoms with E-state index in [4.69, 9.17) is 4.52 Å². The number of rotatable bonds is 9. The molecule has 0 bridgehead atoms. The van der Waals surface area contributed by atoms with Gasteiger partial charge in [0.05, 0.1) is 0 Å². The van der Waals surface area contributed by atoms with Crippen molar-refractivity contribution < 1.29 is 4.52 Å². The molecule has 0 amide bonds. The lowest BCUT2D eigenvalue weighted by Crippen LogP contribution is -2.42. The van der Waals surface area contributed by atoms with Gasteiger partial charge in [-0.25, -0.2) is 0 Å². The van der Waals surface area contributed by atoms with E-state index in [1.807, 2.05) is 0 Å². The molecule has 156 valence electrons. The molecule has 0 aliphatic carbocycles. The fourth-order valence-corrected chi connectivity index (χ4v) is 2.72. The Morgan fingerprint density at radius 3 is 2.61 bits per heavy atom. The van der Waals surface area contributed by atoms with Crippen molar-refractivity contribution in [1.29, 1.82) is 0 Å². The fraction of sp³-hybridized carbons (Fsp3) is 0.550. The fourth-order valence-electron chi connectivity index (χ4n) is 2.72. The molecular weight excluding hydrogens is 467 g/mol. The lowest BCUT2D eigenvalue weighted by atomic mass is 10.2. The molecule has 2 N–H and O–H groups in total. The summed E-state index contributed by atoms with van der Waals surface area (Å²) in [4.78, 5) is 11.0. The van der Waals surface area contributed by atoms with E-state index in [1.165, 1.54) is 11.3 Å². The van der Waals surface area contributed by atoms with Gasteiger partial charge in [0.25, 0.3) is 0 Å². The smallest absolute Gasteiger partial charge is 0.228 e. The number of aliphatic imine (C=N–C) groups is 1. The average Bonchev–Trinajstić information content (AvgIpc) is 3.13. The van der Waals surface area contributed by atoms with Gasteiger partial charge in [0.15, 0.2) is 11.8 Å². The van der Waals surface area contributed by atoms with Crippen LogP contribution >= 0.6 is 24.0 Å². The van der Waals surface area contributed by atoms with E-state index < -0.39 is 0 Å². The summed E-state index contributed by atoms with van der Waals surface area (Å²) in [5.74, 6) is 2.46. The van der Waals surface area contributed by atoms with Crippen LogP contribution in [-0.4, -0.2) is 49.3 Å². The Hall–Kier alpha value is -1.84. The maximum atomic E-state index is 5.26. The Morgan fingerprint density at radius 1 is 1.25 bits per heavy atom. The number of hydrogen-bond acceptors (Lipinski definition) is 5. The zero-order valence-corrected chi connectivity index (χ0v) is 19.9. The van der Waals surface area contributed by atoms with Gasteiger partial charge in [-0.15, -0.1) is 24.0 Å². The predicted molar refractivity (Wildman–Crippen MR) is 126 cm³/mol. The van der Waals surface area contributed by atoms with Crippen molar-refractivity contribution in [1.82, 2.24) is 20.8 Å². The van der Waals surface area contributed by atoms with Crippen LogP contribution in [0.3, 0.4) is 0 Å². The average molecular weight is 500 g/mol. The van der Waals surface area contributed by atoms with Crippen LogP contribution in [0.15, 0.2) is 33.8 Å². The number of aromatic nitrogens is 2. The highest BCUT2D eigenvalue weighted by Gasteiger charge is 2.09. The van der Waals surface area contributed by atoms with E-state index in [2.05, 4.69) is 82.6 Å². The van der Waals surface area contributed by atoms with Crippen LogP contribution in [0.25, 0.3) is 0 Å². The first-order chi connectivity index (χ1) is 13.0. The standard InChI is InChI=1S/C20H32N6O.HI/c1-6-26(17-9-7-8-16(4)14-17)13-12-23-20(21-5)22-11-10-18-24-19(15(2)3)25-27-18;/h7-9,14-15H,6,10-13H2,1-5H3,(H2,21,22,23);1H. The van der Waals surface area contributed by atoms with Gasteiger partial charge in [-0.05, 0) is 31.5 Å². The van der Waals surface area contributed by atoms with Gasteiger partial charge in [0.2, 0.25) is 5.89 Å². The molecule has 2 aromatic rings. The molecular formula is C20H33IN6O. The van der Waals surface area contributed by atoms with Crippen molar-refractivity contribution in [3.05, 3.63) is 41.5 Å². The molecule has 0 spiro atoms. The summed E-state index contributed by atoms with van der Waals surface area (Å²) in [5, 5.41) is 10.6. The molecule has 7 nitrogen and oxygen atoms in total. The van der Waals surface area contributed by atoms with Gasteiger partial charge >= 0.3 is 0 Å². The SMILES string of the molecule is CCN(CCNC(=NC)NCCc1nc(C(C)C)no1)c1cccc(C)c1.I. The zero-order chi connectivity index (χ0) is 19.6. The third kappa shape index (κ3) is 7.65. The molecule has 0 atom stereocenters. The number of guanidine groups is 1. The van der Waals surface area contributed by atoms with E-state index >= 15 is 0 Å². The third-order valence-corrected chi connectivity index (χ3v) is 4.28. The van der Waals surface area contributed by atoms with Gasteiger partial charge in [0, 0.05) is 51.3 Å². The third-order valence-electron chi connectivity index (χ3n) is 4.28. The van der Waals surface area contributed by atoms with Crippen molar-refractivity contribution >= 4 is 35.6 Å². The summed E-state index contributed by atoms with van der Waals surface area (Å²) < 4.78 is 5.26. The van der Waals surface area contributed by atoms with Crippen LogP contribution in [0, 0.1) is 6.92 Å². The van der Waals surface area contributed by atoms with Crippen LogP contribution in [0.5, 0.6) is 0 Å². The van der Waals surface area contributed by atoms with E-state index in [0.717, 1.165) is 31.4 Å². The van der Waals surface area contributed by atoms with Crippen LogP contribution in [0.4, 0.5) is 5.69 Å². The summed E-state index contributed by atoms with van der Waals surface area (Å²) in [6.45, 7) is 11.8. The summed E-state index contributed by atoms with van der Waals surface area (Å²) in [6.07, 6.45) is 0.671. The summed E-state index contributed by atoms with van der Waals surface area (Å²) in [6, 6.07) is 8.59. The number of anilines is 1. The minimum absolute atomic E-state index is 0. The first-order valence-corrected chi connectivity index (χ1v) is 9.62. The number of nitrogens with zero attached hydrogens (tertiary/aromatic N) is 4. The van der Waals surface area contributed by atoms with E-state index in [9.17, 15) is 0 Å². The van der Waals surface area contributed by atoms with Crippen molar-refractivity contribution in [2.24, 2.45) is 4.99 Å². The number of nitrogens with one attached hydrogen (secondary N) is 2. The zero-order valence-electron chi connectivity index (χ0n) is 17.5. The Bertz CT molecular complexity index is 731. The summed E-state index contributed by atoms with van der Waals surface area (Å²) >= 11 is 0. The predicted octanol–water partition coefficient (Wildman–Crippen LogP) is 3.35. The quantitative estimate of drug-likeness (QED) is 0.313.